The Morgan fingerprint density at radius 1 is 0.177 bits per heavy atom. The summed E-state index contributed by atoms with van der Waals surface area (Å²) >= 11 is 0. The molecule has 17 aliphatic carbocycles. The first-order valence-corrected chi connectivity index (χ1v) is 47.0. The van der Waals surface area contributed by atoms with E-state index in [0.29, 0.717) is 0 Å². The standard InChI is InChI=1S/C92H150BN3/c1-6-25-59(26-7-1)65-50-54-84-81(55-65)93-80-53-49-66(68-51-52-79-77-44-21-36-64-35-20-43-76(88(64)77)78-46-24-45-75(68)89(78)79)56-85(80)96(92-71(62-31-12-4-13-32-62)41-23-42-72(92)63-33-14-5-15-34-63)87-58-67(94-82-47-18-16-37-73(82)74-38-17-19-48-83(74)94)57-86(90(87)93)95(84)91-69(60-27-8-2-9-28-60)39-22-40-70(91)61-29-10-3-11-30-61/h59-92H,1-58H2. The van der Waals surface area contributed by atoms with Crippen LogP contribution in [-0.4, -0.2) is 75.8 Å². The minimum atomic E-state index is 0.838. The molecule has 20 aliphatic rings. The Labute approximate surface area is 592 Å². The van der Waals surface area contributed by atoms with Gasteiger partial charge in [0, 0.05) is 54.4 Å². The second-order valence-electron chi connectivity index (χ2n) is 42.2. The molecule has 0 spiro atoms. The number of fused-ring (bicyclic) bond motifs is 9. The van der Waals surface area contributed by atoms with Crippen molar-refractivity contribution < 1.29 is 0 Å². The molecule has 0 amide bonds. The molecule has 96 heavy (non-hydrogen) atoms. The quantitative estimate of drug-likeness (QED) is 0.213. The van der Waals surface area contributed by atoms with E-state index in [0.717, 1.165) is 209 Å². The van der Waals surface area contributed by atoms with Crippen molar-refractivity contribution in [3.05, 3.63) is 0 Å². The number of rotatable bonds is 9. The highest BCUT2D eigenvalue weighted by atomic mass is 15.3. The minimum Gasteiger partial charge on any atom is -0.295 e. The van der Waals surface area contributed by atoms with Gasteiger partial charge in [-0.1, -0.05) is 250 Å². The molecular formula is C92H150BN3. The van der Waals surface area contributed by atoms with E-state index in [1.54, 1.807) is 372 Å². The first-order chi connectivity index (χ1) is 47.7. The molecule has 4 heteroatoms. The van der Waals surface area contributed by atoms with Gasteiger partial charge in [0.1, 0.15) is 0 Å². The predicted octanol–water partition coefficient (Wildman–Crippen LogP) is 24.3. The molecule has 3 aliphatic heterocycles. The average Bonchev–Trinajstić information content (AvgIpc) is 0.739. The Hall–Kier alpha value is -0.0551. The van der Waals surface area contributed by atoms with Crippen molar-refractivity contribution in [2.45, 2.75) is 444 Å². The van der Waals surface area contributed by atoms with Crippen LogP contribution in [0.2, 0.25) is 17.5 Å². The molecule has 3 nitrogen and oxygen atoms in total. The monoisotopic (exact) mass is 1310 g/mol. The van der Waals surface area contributed by atoms with Gasteiger partial charge in [-0.15, -0.1) is 0 Å². The summed E-state index contributed by atoms with van der Waals surface area (Å²) in [6.45, 7) is 1.02. The molecule has 27 atom stereocenters. The van der Waals surface area contributed by atoms with Crippen LogP contribution in [0.1, 0.15) is 372 Å². The highest BCUT2D eigenvalue weighted by Gasteiger charge is 2.70. The summed E-state index contributed by atoms with van der Waals surface area (Å²) in [5.74, 6) is 26.2. The molecule has 3 heterocycles. The zero-order chi connectivity index (χ0) is 63.0. The number of hydrogen-bond donors (Lipinski definition) is 0. The van der Waals surface area contributed by atoms with Gasteiger partial charge in [-0.25, -0.2) is 0 Å². The van der Waals surface area contributed by atoms with Crippen LogP contribution in [0, 0.1) is 130 Å². The fourth-order valence-electron chi connectivity index (χ4n) is 36.8. The molecule has 17 saturated carbocycles. The predicted molar refractivity (Wildman–Crippen MR) is 401 cm³/mol. The zero-order valence-electron chi connectivity index (χ0n) is 62.6. The van der Waals surface area contributed by atoms with Crippen LogP contribution in [-0.2, 0) is 0 Å². The molecule has 536 valence electrons. The van der Waals surface area contributed by atoms with E-state index in [2.05, 4.69) is 14.7 Å². The summed E-state index contributed by atoms with van der Waals surface area (Å²) < 4.78 is 0. The van der Waals surface area contributed by atoms with Crippen molar-refractivity contribution in [2.75, 3.05) is 0 Å². The summed E-state index contributed by atoms with van der Waals surface area (Å²) in [6, 6.07) is 7.96. The van der Waals surface area contributed by atoms with Gasteiger partial charge in [0.15, 0.2) is 6.71 Å². The maximum atomic E-state index is 4.05. The molecule has 0 radical (unpaired) electrons. The zero-order valence-corrected chi connectivity index (χ0v) is 62.6. The van der Waals surface area contributed by atoms with Crippen LogP contribution in [0.4, 0.5) is 0 Å². The van der Waals surface area contributed by atoms with Crippen molar-refractivity contribution in [1.29, 1.82) is 0 Å². The van der Waals surface area contributed by atoms with Crippen molar-refractivity contribution >= 4 is 6.71 Å². The second kappa shape index (κ2) is 28.3. The Morgan fingerprint density at radius 2 is 0.552 bits per heavy atom. The lowest BCUT2D eigenvalue weighted by atomic mass is 9.18. The molecule has 27 unspecified atom stereocenters. The molecule has 20 fully saturated rings. The van der Waals surface area contributed by atoms with Gasteiger partial charge in [-0.3, -0.25) is 14.7 Å². The molecule has 0 aromatic carbocycles. The lowest BCUT2D eigenvalue weighted by Crippen LogP contribution is -2.78. The molecule has 0 aromatic rings. The lowest BCUT2D eigenvalue weighted by molar-refractivity contribution is -0.161. The second-order valence-corrected chi connectivity index (χ2v) is 42.2. The third-order valence-electron chi connectivity index (χ3n) is 39.3. The summed E-state index contributed by atoms with van der Waals surface area (Å²) in [5.41, 5.74) is 0. The van der Waals surface area contributed by atoms with E-state index in [4.69, 9.17) is 0 Å². The largest absolute Gasteiger partial charge is 0.295 e. The molecule has 20 rings (SSSR count). The van der Waals surface area contributed by atoms with E-state index in [-0.39, 0.29) is 0 Å². The maximum Gasteiger partial charge on any atom is 0.156 e. The number of hydrogen-bond acceptors (Lipinski definition) is 3. The topological polar surface area (TPSA) is 9.72 Å². The fraction of sp³-hybridized carbons (Fsp3) is 1.00. The van der Waals surface area contributed by atoms with Crippen LogP contribution >= 0.6 is 0 Å². The normalized spacial score (nSPS) is 52.0. The molecule has 0 bridgehead atoms. The Balaban J connectivity index is 0.761. The Kier molecular flexibility index (Phi) is 19.3. The van der Waals surface area contributed by atoms with Crippen LogP contribution in [0.5, 0.6) is 0 Å². The van der Waals surface area contributed by atoms with Crippen molar-refractivity contribution in [3.63, 3.8) is 0 Å². The maximum absolute atomic E-state index is 4.05. The van der Waals surface area contributed by atoms with E-state index in [1.165, 1.54) is 0 Å². The van der Waals surface area contributed by atoms with Crippen LogP contribution in [0.25, 0.3) is 0 Å². The smallest absolute Gasteiger partial charge is 0.156 e. The average molecular weight is 1310 g/mol. The first-order valence-electron chi connectivity index (χ1n) is 47.0. The van der Waals surface area contributed by atoms with Crippen LogP contribution < -0.4 is 0 Å². The minimum absolute atomic E-state index is 0.838. The third-order valence-corrected chi connectivity index (χ3v) is 39.3. The van der Waals surface area contributed by atoms with Crippen LogP contribution in [0.15, 0.2) is 0 Å². The summed E-state index contributed by atoms with van der Waals surface area (Å²) in [5, 5.41) is 0. The first kappa shape index (κ1) is 65.5. The van der Waals surface area contributed by atoms with Gasteiger partial charge < -0.3 is 0 Å². The Bertz CT molecular complexity index is 2460. The fourth-order valence-corrected chi connectivity index (χ4v) is 36.8. The van der Waals surface area contributed by atoms with Gasteiger partial charge in [0.2, 0.25) is 0 Å². The summed E-state index contributed by atoms with van der Waals surface area (Å²) in [6.07, 6.45) is 92.8. The van der Waals surface area contributed by atoms with Gasteiger partial charge in [-0.05, 0) is 270 Å². The molecule has 0 N–H and O–H groups in total. The molecule has 3 saturated heterocycles. The summed E-state index contributed by atoms with van der Waals surface area (Å²) in [4.78, 5) is 11.7. The van der Waals surface area contributed by atoms with E-state index >= 15 is 0 Å². The van der Waals surface area contributed by atoms with E-state index < -0.39 is 0 Å². The molecule has 0 aromatic heterocycles. The SMILES string of the molecule is C1CCC(C2CCC3C(C2)B2C4CCC(C5CCC6C7CCCC8CCCC(C9CCCC5C96)C87)CC4N(C4C(C5CCCCC5)CCCC4C4CCCCC4)C4CC(N5C6CCCCC6C6CCCCC65)CC(C24)N3C2C(C3CCCCC3)CCCC2C2CCCCC2)CC1. The third kappa shape index (κ3) is 11.4. The van der Waals surface area contributed by atoms with Crippen molar-refractivity contribution in [2.24, 2.45) is 130 Å². The molecular weight excluding hydrogens is 1160 g/mol. The van der Waals surface area contributed by atoms with E-state index in [1.807, 2.05) is 0 Å². The highest BCUT2D eigenvalue weighted by Crippen LogP contribution is 2.71. The van der Waals surface area contributed by atoms with Crippen LogP contribution in [0.3, 0.4) is 0 Å². The lowest BCUT2D eigenvalue weighted by Gasteiger charge is -2.72. The Morgan fingerprint density at radius 3 is 1.06 bits per heavy atom. The van der Waals surface area contributed by atoms with Crippen molar-refractivity contribution in [1.82, 2.24) is 14.7 Å². The van der Waals surface area contributed by atoms with Crippen molar-refractivity contribution in [3.8, 4) is 0 Å². The van der Waals surface area contributed by atoms with Gasteiger partial charge in [-0.2, -0.15) is 0 Å². The summed E-state index contributed by atoms with van der Waals surface area (Å²) in [7, 11) is 0. The van der Waals surface area contributed by atoms with E-state index in [9.17, 15) is 0 Å². The van der Waals surface area contributed by atoms with Gasteiger partial charge in [0.05, 0.1) is 0 Å². The highest BCUT2D eigenvalue weighted by molar-refractivity contribution is 6.65. The van der Waals surface area contributed by atoms with Gasteiger partial charge in [0.25, 0.3) is 0 Å². The van der Waals surface area contributed by atoms with Gasteiger partial charge >= 0.3 is 0 Å². The number of nitrogens with zero attached hydrogens (tertiary/aromatic N) is 3. The number of likely N-dealkylation sites (tertiary alicyclic amines) is 1.